The summed E-state index contributed by atoms with van der Waals surface area (Å²) in [4.78, 5) is 21.1. The Bertz CT molecular complexity index is 694. The summed E-state index contributed by atoms with van der Waals surface area (Å²) in [5, 5.41) is 2.95. The number of amides is 1. The van der Waals surface area contributed by atoms with Gasteiger partial charge < -0.3 is 15.1 Å². The fourth-order valence-corrected chi connectivity index (χ4v) is 3.10. The number of piperazine rings is 1. The molecule has 0 unspecified atom stereocenters. The Balaban J connectivity index is 1.68. The average molecular weight is 324 g/mol. The summed E-state index contributed by atoms with van der Waals surface area (Å²) in [6.07, 6.45) is 3.25. The van der Waals surface area contributed by atoms with Gasteiger partial charge in [-0.3, -0.25) is 9.78 Å². The highest BCUT2D eigenvalue weighted by Crippen LogP contribution is 2.25. The van der Waals surface area contributed by atoms with Crippen LogP contribution in [0.5, 0.6) is 0 Å². The standard InChI is InChI=1S/C19H24N4O/c1-3-22-10-12-23(13-11-22)18-5-4-17(14-15(18)2)21-19(24)16-6-8-20-9-7-16/h4-9,14H,3,10-13H2,1-2H3,(H,21,24). The molecule has 0 bridgehead atoms. The van der Waals surface area contributed by atoms with Crippen molar-refractivity contribution in [1.29, 1.82) is 0 Å². The molecule has 0 atom stereocenters. The molecule has 1 aliphatic rings. The number of hydrogen-bond acceptors (Lipinski definition) is 4. The smallest absolute Gasteiger partial charge is 0.255 e. The summed E-state index contributed by atoms with van der Waals surface area (Å²) in [7, 11) is 0. The fraction of sp³-hybridized carbons (Fsp3) is 0.368. The van der Waals surface area contributed by atoms with Crippen LogP contribution in [-0.4, -0.2) is 48.5 Å². The largest absolute Gasteiger partial charge is 0.369 e. The van der Waals surface area contributed by atoms with E-state index in [2.05, 4.69) is 40.0 Å². The lowest BCUT2D eigenvalue weighted by Gasteiger charge is -2.36. The second-order valence-electron chi connectivity index (χ2n) is 6.11. The van der Waals surface area contributed by atoms with Gasteiger partial charge in [0.15, 0.2) is 0 Å². The van der Waals surface area contributed by atoms with E-state index < -0.39 is 0 Å². The maximum absolute atomic E-state index is 12.2. The van der Waals surface area contributed by atoms with Crippen molar-refractivity contribution in [2.75, 3.05) is 42.9 Å². The summed E-state index contributed by atoms with van der Waals surface area (Å²) in [6, 6.07) is 9.56. The van der Waals surface area contributed by atoms with Gasteiger partial charge in [-0.25, -0.2) is 0 Å². The number of carbonyl (C=O) groups excluding carboxylic acids is 1. The van der Waals surface area contributed by atoms with Crippen LogP contribution >= 0.6 is 0 Å². The molecule has 5 heteroatoms. The second-order valence-corrected chi connectivity index (χ2v) is 6.11. The van der Waals surface area contributed by atoms with Crippen LogP contribution in [0.25, 0.3) is 0 Å². The van der Waals surface area contributed by atoms with Crippen LogP contribution in [0.1, 0.15) is 22.8 Å². The van der Waals surface area contributed by atoms with E-state index in [1.54, 1.807) is 24.5 Å². The number of anilines is 2. The van der Waals surface area contributed by atoms with Crippen molar-refractivity contribution in [2.24, 2.45) is 0 Å². The molecule has 1 aliphatic heterocycles. The summed E-state index contributed by atoms with van der Waals surface area (Å²) < 4.78 is 0. The van der Waals surface area contributed by atoms with Crippen molar-refractivity contribution in [2.45, 2.75) is 13.8 Å². The van der Waals surface area contributed by atoms with Gasteiger partial charge in [-0.05, 0) is 49.4 Å². The van der Waals surface area contributed by atoms with E-state index in [0.29, 0.717) is 5.56 Å². The molecule has 0 aliphatic carbocycles. The fourth-order valence-electron chi connectivity index (χ4n) is 3.10. The number of nitrogens with one attached hydrogen (secondary N) is 1. The summed E-state index contributed by atoms with van der Waals surface area (Å²) >= 11 is 0. The average Bonchev–Trinajstić information content (AvgIpc) is 2.63. The zero-order valence-electron chi connectivity index (χ0n) is 14.3. The minimum absolute atomic E-state index is 0.110. The predicted molar refractivity (Wildman–Crippen MR) is 97.7 cm³/mol. The number of nitrogens with zero attached hydrogens (tertiary/aromatic N) is 3. The number of benzene rings is 1. The zero-order chi connectivity index (χ0) is 16.9. The van der Waals surface area contributed by atoms with Crippen molar-refractivity contribution in [1.82, 2.24) is 9.88 Å². The van der Waals surface area contributed by atoms with Crippen molar-refractivity contribution in [3.63, 3.8) is 0 Å². The highest BCUT2D eigenvalue weighted by molar-refractivity contribution is 6.04. The maximum atomic E-state index is 12.2. The van der Waals surface area contributed by atoms with Crippen LogP contribution in [0.3, 0.4) is 0 Å². The van der Waals surface area contributed by atoms with E-state index >= 15 is 0 Å². The molecule has 1 N–H and O–H groups in total. The summed E-state index contributed by atoms with van der Waals surface area (Å²) in [5.74, 6) is -0.110. The molecule has 1 saturated heterocycles. The van der Waals surface area contributed by atoms with E-state index in [-0.39, 0.29) is 5.91 Å². The molecule has 1 aromatic heterocycles. The number of pyridine rings is 1. The van der Waals surface area contributed by atoms with E-state index in [1.165, 1.54) is 11.3 Å². The number of aromatic nitrogens is 1. The Morgan fingerprint density at radius 2 is 1.83 bits per heavy atom. The van der Waals surface area contributed by atoms with Crippen LogP contribution in [0.2, 0.25) is 0 Å². The molecule has 1 fully saturated rings. The Hall–Kier alpha value is -2.40. The molecular formula is C19H24N4O. The van der Waals surface area contributed by atoms with Crippen molar-refractivity contribution >= 4 is 17.3 Å². The molecule has 1 aromatic carbocycles. The van der Waals surface area contributed by atoms with Crippen LogP contribution < -0.4 is 10.2 Å². The number of likely N-dealkylation sites (N-methyl/N-ethyl adjacent to an activating group) is 1. The number of aryl methyl sites for hydroxylation is 1. The minimum Gasteiger partial charge on any atom is -0.369 e. The van der Waals surface area contributed by atoms with Gasteiger partial charge in [0.25, 0.3) is 5.91 Å². The molecule has 0 saturated carbocycles. The van der Waals surface area contributed by atoms with Crippen molar-refractivity contribution in [3.8, 4) is 0 Å². The Morgan fingerprint density at radius 3 is 2.46 bits per heavy atom. The lowest BCUT2D eigenvalue weighted by Crippen LogP contribution is -2.46. The summed E-state index contributed by atoms with van der Waals surface area (Å²) in [6.45, 7) is 9.75. The highest BCUT2D eigenvalue weighted by atomic mass is 16.1. The van der Waals surface area contributed by atoms with E-state index in [0.717, 1.165) is 38.4 Å². The first kappa shape index (κ1) is 16.5. The van der Waals surface area contributed by atoms with Crippen molar-refractivity contribution < 1.29 is 4.79 Å². The van der Waals surface area contributed by atoms with Gasteiger partial charge in [0.05, 0.1) is 0 Å². The highest BCUT2D eigenvalue weighted by Gasteiger charge is 2.17. The number of carbonyl (C=O) groups is 1. The molecule has 5 nitrogen and oxygen atoms in total. The first-order valence-corrected chi connectivity index (χ1v) is 8.46. The SMILES string of the molecule is CCN1CCN(c2ccc(NC(=O)c3ccncc3)cc2C)CC1. The minimum atomic E-state index is -0.110. The normalized spacial score (nSPS) is 15.3. The Morgan fingerprint density at radius 1 is 1.12 bits per heavy atom. The second kappa shape index (κ2) is 7.45. The maximum Gasteiger partial charge on any atom is 0.255 e. The van der Waals surface area contributed by atoms with Crippen LogP contribution in [0, 0.1) is 6.92 Å². The molecular weight excluding hydrogens is 300 g/mol. The third-order valence-electron chi connectivity index (χ3n) is 4.56. The van der Waals surface area contributed by atoms with Gasteiger partial charge in [-0.2, -0.15) is 0 Å². The molecule has 24 heavy (non-hydrogen) atoms. The quantitative estimate of drug-likeness (QED) is 0.939. The van der Waals surface area contributed by atoms with E-state index in [4.69, 9.17) is 0 Å². The lowest BCUT2D eigenvalue weighted by atomic mass is 10.1. The Kier molecular flexibility index (Phi) is 5.11. The molecule has 2 heterocycles. The third kappa shape index (κ3) is 3.74. The summed E-state index contributed by atoms with van der Waals surface area (Å²) in [5.41, 5.74) is 3.88. The molecule has 2 aromatic rings. The van der Waals surface area contributed by atoms with Gasteiger partial charge in [-0.15, -0.1) is 0 Å². The van der Waals surface area contributed by atoms with Gasteiger partial charge >= 0.3 is 0 Å². The van der Waals surface area contributed by atoms with Crippen LogP contribution in [0.4, 0.5) is 11.4 Å². The zero-order valence-corrected chi connectivity index (χ0v) is 14.3. The first-order valence-electron chi connectivity index (χ1n) is 8.46. The monoisotopic (exact) mass is 324 g/mol. The lowest BCUT2D eigenvalue weighted by molar-refractivity contribution is 0.102. The molecule has 0 radical (unpaired) electrons. The van der Waals surface area contributed by atoms with Crippen LogP contribution in [-0.2, 0) is 0 Å². The van der Waals surface area contributed by atoms with E-state index in [1.807, 2.05) is 12.1 Å². The van der Waals surface area contributed by atoms with Gasteiger partial charge in [0.1, 0.15) is 0 Å². The number of rotatable bonds is 4. The molecule has 3 rings (SSSR count). The third-order valence-corrected chi connectivity index (χ3v) is 4.56. The van der Waals surface area contributed by atoms with Gasteiger partial charge in [-0.1, -0.05) is 6.92 Å². The molecule has 126 valence electrons. The van der Waals surface area contributed by atoms with Crippen LogP contribution in [0.15, 0.2) is 42.7 Å². The topological polar surface area (TPSA) is 48.5 Å². The number of hydrogen-bond donors (Lipinski definition) is 1. The molecule has 0 spiro atoms. The predicted octanol–water partition coefficient (Wildman–Crippen LogP) is 2.78. The van der Waals surface area contributed by atoms with Gasteiger partial charge in [0, 0.05) is 55.5 Å². The first-order chi connectivity index (χ1) is 11.7. The molecule has 1 amide bonds. The van der Waals surface area contributed by atoms with Gasteiger partial charge in [0.2, 0.25) is 0 Å². The Labute approximate surface area is 143 Å². The van der Waals surface area contributed by atoms with E-state index in [9.17, 15) is 4.79 Å². The van der Waals surface area contributed by atoms with Crippen molar-refractivity contribution in [3.05, 3.63) is 53.9 Å².